The van der Waals surface area contributed by atoms with Crippen LogP contribution in [0.5, 0.6) is 0 Å². The first-order chi connectivity index (χ1) is 5.65. The molecule has 0 amide bonds. The maximum Gasteiger partial charge on any atom is 0.255 e. The van der Waals surface area contributed by atoms with Crippen molar-refractivity contribution < 1.29 is 4.79 Å². The smallest absolute Gasteiger partial charge is 0.255 e. The Morgan fingerprint density at radius 2 is 2.42 bits per heavy atom. The first-order valence-corrected chi connectivity index (χ1v) is 3.76. The zero-order valence-electron chi connectivity index (χ0n) is 5.80. The highest BCUT2D eigenvalue weighted by Gasteiger charge is 2.07. The fourth-order valence-corrected chi connectivity index (χ4v) is 1.06. The van der Waals surface area contributed by atoms with E-state index < -0.39 is 5.24 Å². The predicted octanol–water partition coefficient (Wildman–Crippen LogP) is 1.99. The predicted molar refractivity (Wildman–Crippen MR) is 46.5 cm³/mol. The maximum atomic E-state index is 10.7. The molecule has 5 heteroatoms. The van der Waals surface area contributed by atoms with Gasteiger partial charge >= 0.3 is 0 Å². The number of aromatic nitrogens is 1. The van der Waals surface area contributed by atoms with E-state index in [1.165, 1.54) is 12.3 Å². The van der Waals surface area contributed by atoms with E-state index in [-0.39, 0.29) is 11.1 Å². The summed E-state index contributed by atoms with van der Waals surface area (Å²) in [7, 11) is 0. The van der Waals surface area contributed by atoms with E-state index in [4.69, 9.17) is 29.1 Å². The van der Waals surface area contributed by atoms with E-state index in [1.807, 2.05) is 6.07 Å². The molecule has 0 aliphatic carbocycles. The van der Waals surface area contributed by atoms with Crippen LogP contribution in [0.4, 0.5) is 0 Å². The number of pyridine rings is 1. The minimum atomic E-state index is -0.669. The number of nitrogens with one attached hydrogen (secondary N) is 1. The van der Waals surface area contributed by atoms with Gasteiger partial charge in [-0.15, -0.1) is 0 Å². The lowest BCUT2D eigenvalue weighted by atomic mass is 10.2. The fourth-order valence-electron chi connectivity index (χ4n) is 0.727. The zero-order valence-corrected chi connectivity index (χ0v) is 7.37. The summed E-state index contributed by atoms with van der Waals surface area (Å²) in [5, 5.41) is 7.90. The minimum Gasteiger partial charge on any atom is -0.352 e. The van der Waals surface area contributed by atoms with Crippen molar-refractivity contribution >= 4 is 29.1 Å². The largest absolute Gasteiger partial charge is 0.352 e. The normalized spacial score (nSPS) is 9.00. The molecule has 0 atom stereocenters. The van der Waals surface area contributed by atoms with Gasteiger partial charge in [-0.25, -0.2) is 0 Å². The third-order valence-electron chi connectivity index (χ3n) is 1.26. The molecule has 1 aromatic heterocycles. The number of carbonyl (C=O) groups excluding carboxylic acids is 1. The van der Waals surface area contributed by atoms with E-state index in [2.05, 4.69) is 4.98 Å². The highest BCUT2D eigenvalue weighted by atomic mass is 35.5. The molecule has 1 aromatic rings. The lowest BCUT2D eigenvalue weighted by molar-refractivity contribution is 0.108. The molecule has 0 fully saturated rings. The van der Waals surface area contributed by atoms with Crippen molar-refractivity contribution in [1.29, 1.82) is 5.26 Å². The summed E-state index contributed by atoms with van der Waals surface area (Å²) in [5.41, 5.74) is 0.339. The highest BCUT2D eigenvalue weighted by Crippen LogP contribution is 2.08. The van der Waals surface area contributed by atoms with Gasteiger partial charge in [-0.2, -0.15) is 5.26 Å². The molecule has 0 aromatic carbocycles. The molecule has 0 aliphatic rings. The van der Waals surface area contributed by atoms with E-state index in [0.717, 1.165) is 0 Å². The Labute approximate surface area is 78.6 Å². The van der Waals surface area contributed by atoms with Gasteiger partial charge in [0.05, 0.1) is 11.1 Å². The number of aromatic amines is 1. The van der Waals surface area contributed by atoms with Gasteiger partial charge in [0, 0.05) is 6.20 Å². The summed E-state index contributed by atoms with van der Waals surface area (Å²) in [6, 6.07) is 3.22. The molecule has 0 unspecified atom stereocenters. The van der Waals surface area contributed by atoms with Crippen LogP contribution in [0.25, 0.3) is 0 Å². The van der Waals surface area contributed by atoms with Gasteiger partial charge in [0.2, 0.25) is 0 Å². The van der Waals surface area contributed by atoms with Gasteiger partial charge in [0.15, 0.2) is 0 Å². The highest BCUT2D eigenvalue weighted by molar-refractivity contribution is 7.71. The lowest BCUT2D eigenvalue weighted by Crippen LogP contribution is -1.95. The summed E-state index contributed by atoms with van der Waals surface area (Å²) in [4.78, 5) is 13.3. The second-order valence-corrected chi connectivity index (χ2v) is 2.79. The van der Waals surface area contributed by atoms with Gasteiger partial charge < -0.3 is 4.98 Å². The molecular formula is C7H3ClN2OS. The minimum absolute atomic E-state index is 0.146. The van der Waals surface area contributed by atoms with Gasteiger partial charge in [0.25, 0.3) is 5.24 Å². The Morgan fingerprint density at radius 1 is 1.75 bits per heavy atom. The summed E-state index contributed by atoms with van der Waals surface area (Å²) < 4.78 is 0.396. The van der Waals surface area contributed by atoms with Crippen molar-refractivity contribution in [2.45, 2.75) is 0 Å². The Morgan fingerprint density at radius 3 is 2.92 bits per heavy atom. The Bertz CT molecular complexity index is 418. The van der Waals surface area contributed by atoms with Crippen LogP contribution in [-0.4, -0.2) is 10.2 Å². The van der Waals surface area contributed by atoms with E-state index in [1.54, 1.807) is 0 Å². The van der Waals surface area contributed by atoms with Gasteiger partial charge in [0.1, 0.15) is 10.7 Å². The molecule has 0 saturated heterocycles. The number of rotatable bonds is 1. The zero-order chi connectivity index (χ0) is 9.14. The molecule has 1 rings (SSSR count). The topological polar surface area (TPSA) is 56.6 Å². The number of hydrogen-bond acceptors (Lipinski definition) is 3. The summed E-state index contributed by atoms with van der Waals surface area (Å²) >= 11 is 9.95. The Kier molecular flexibility index (Phi) is 2.58. The summed E-state index contributed by atoms with van der Waals surface area (Å²) in [6.07, 6.45) is 1.33. The third kappa shape index (κ3) is 1.70. The number of hydrogen-bond donors (Lipinski definition) is 1. The van der Waals surface area contributed by atoms with Crippen LogP contribution in [0, 0.1) is 16.0 Å². The number of nitrogens with zero attached hydrogens (tertiary/aromatic N) is 1. The third-order valence-corrected chi connectivity index (χ3v) is 1.70. The first kappa shape index (κ1) is 8.91. The molecule has 1 N–H and O–H groups in total. The van der Waals surface area contributed by atoms with Crippen LogP contribution in [0.1, 0.15) is 15.9 Å². The van der Waals surface area contributed by atoms with Crippen LogP contribution in [0.2, 0.25) is 0 Å². The van der Waals surface area contributed by atoms with Crippen molar-refractivity contribution in [3.8, 4) is 6.07 Å². The number of nitriles is 1. The average molecular weight is 199 g/mol. The van der Waals surface area contributed by atoms with E-state index in [9.17, 15) is 4.79 Å². The van der Waals surface area contributed by atoms with Gasteiger partial charge in [-0.05, 0) is 17.7 Å². The molecule has 12 heavy (non-hydrogen) atoms. The second kappa shape index (κ2) is 3.48. The SMILES string of the molecule is N#Cc1cc(=S)[nH]cc1C(=O)Cl. The monoisotopic (exact) mass is 198 g/mol. The molecule has 3 nitrogen and oxygen atoms in total. The lowest BCUT2D eigenvalue weighted by Gasteiger charge is -1.95. The summed E-state index contributed by atoms with van der Waals surface area (Å²) in [5.74, 6) is 0. The van der Waals surface area contributed by atoms with Crippen LogP contribution in [0.15, 0.2) is 12.3 Å². The van der Waals surface area contributed by atoms with E-state index in [0.29, 0.717) is 4.64 Å². The molecule has 60 valence electrons. The molecule has 0 saturated carbocycles. The second-order valence-electron chi connectivity index (χ2n) is 2.01. The van der Waals surface area contributed by atoms with Crippen LogP contribution >= 0.6 is 23.8 Å². The first-order valence-electron chi connectivity index (χ1n) is 2.98. The average Bonchev–Trinajstić information content (AvgIpc) is 2.03. The summed E-state index contributed by atoms with van der Waals surface area (Å²) in [6.45, 7) is 0. The quantitative estimate of drug-likeness (QED) is 0.555. The van der Waals surface area contributed by atoms with E-state index >= 15 is 0 Å². The van der Waals surface area contributed by atoms with Gasteiger partial charge in [-0.3, -0.25) is 4.79 Å². The van der Waals surface area contributed by atoms with Crippen molar-refractivity contribution in [2.75, 3.05) is 0 Å². The van der Waals surface area contributed by atoms with Crippen molar-refractivity contribution in [3.63, 3.8) is 0 Å². The molecule has 0 radical (unpaired) electrons. The number of carbonyl (C=O) groups is 1. The Balaban J connectivity index is 3.42. The van der Waals surface area contributed by atoms with Gasteiger partial charge in [-0.1, -0.05) is 12.2 Å². The van der Waals surface area contributed by atoms with Crippen LogP contribution < -0.4 is 0 Å². The number of halogens is 1. The molecular weight excluding hydrogens is 196 g/mol. The fraction of sp³-hybridized carbons (Fsp3) is 0. The molecule has 0 spiro atoms. The molecule has 1 heterocycles. The maximum absolute atomic E-state index is 10.7. The van der Waals surface area contributed by atoms with Crippen LogP contribution in [0.3, 0.4) is 0 Å². The van der Waals surface area contributed by atoms with Crippen molar-refractivity contribution in [2.24, 2.45) is 0 Å². The van der Waals surface area contributed by atoms with Crippen molar-refractivity contribution in [3.05, 3.63) is 28.0 Å². The van der Waals surface area contributed by atoms with Crippen molar-refractivity contribution in [1.82, 2.24) is 4.98 Å². The molecule has 0 bridgehead atoms. The molecule has 0 aliphatic heterocycles. The standard InChI is InChI=1S/C7H3ClN2OS/c8-7(11)5-3-10-6(12)1-4(5)2-9/h1,3H,(H,10,12). The Hall–Kier alpha value is -1.18. The van der Waals surface area contributed by atoms with Crippen LogP contribution in [-0.2, 0) is 0 Å². The number of H-pyrrole nitrogens is 1.